The molecular weight excluding hydrogens is 312 g/mol. The molecule has 2 N–H and O–H groups in total. The molecule has 4 rings (SSSR count). The predicted octanol–water partition coefficient (Wildman–Crippen LogP) is 2.62. The second-order valence-corrected chi connectivity index (χ2v) is 5.86. The number of hydrogen-bond acceptors (Lipinski definition) is 7. The summed E-state index contributed by atoms with van der Waals surface area (Å²) in [4.78, 5) is 4.93. The monoisotopic (exact) mass is 324 g/mol. The highest BCUT2D eigenvalue weighted by Crippen LogP contribution is 2.22. The van der Waals surface area contributed by atoms with Crippen LogP contribution in [0.15, 0.2) is 48.7 Å². The van der Waals surface area contributed by atoms with Crippen LogP contribution in [0.5, 0.6) is 5.75 Å². The van der Waals surface area contributed by atoms with Gasteiger partial charge < -0.3 is 10.4 Å². The molecule has 4 aromatic rings. The fourth-order valence-corrected chi connectivity index (χ4v) is 2.93. The van der Waals surface area contributed by atoms with Crippen molar-refractivity contribution in [1.29, 1.82) is 0 Å². The normalized spacial score (nSPS) is 11.0. The highest BCUT2D eigenvalue weighted by Gasteiger charge is 2.12. The van der Waals surface area contributed by atoms with Crippen LogP contribution in [0.2, 0.25) is 0 Å². The maximum Gasteiger partial charge on any atom is 0.236 e. The van der Waals surface area contributed by atoms with Gasteiger partial charge in [-0.3, -0.25) is 0 Å². The first-order chi connectivity index (χ1) is 11.3. The number of anilines is 2. The number of aromatic hydroxyl groups is 1. The van der Waals surface area contributed by atoms with E-state index in [0.29, 0.717) is 11.6 Å². The maximum atomic E-state index is 9.34. The summed E-state index contributed by atoms with van der Waals surface area (Å²) in [7, 11) is 0. The zero-order chi connectivity index (χ0) is 15.6. The number of hydrogen-bond donors (Lipinski definition) is 2. The molecule has 3 heterocycles. The Bertz CT molecular complexity index is 932. The van der Waals surface area contributed by atoms with Gasteiger partial charge in [-0.1, -0.05) is 29.5 Å². The van der Waals surface area contributed by atoms with E-state index in [1.807, 2.05) is 30.3 Å². The van der Waals surface area contributed by atoms with Crippen LogP contribution in [0.1, 0.15) is 11.4 Å². The minimum Gasteiger partial charge on any atom is -0.508 e. The average molecular weight is 324 g/mol. The molecule has 0 spiro atoms. The molecule has 0 aliphatic carbocycles. The Labute approximate surface area is 135 Å². The van der Waals surface area contributed by atoms with E-state index in [4.69, 9.17) is 0 Å². The third-order valence-corrected chi connectivity index (χ3v) is 4.07. The molecule has 0 radical (unpaired) electrons. The van der Waals surface area contributed by atoms with Crippen molar-refractivity contribution in [2.75, 3.05) is 5.32 Å². The van der Waals surface area contributed by atoms with Gasteiger partial charge in [0.25, 0.3) is 0 Å². The third kappa shape index (κ3) is 2.84. The second kappa shape index (κ2) is 5.65. The summed E-state index contributed by atoms with van der Waals surface area (Å²) in [6.45, 7) is 0. The van der Waals surface area contributed by atoms with Gasteiger partial charge in [0.05, 0.1) is 0 Å². The van der Waals surface area contributed by atoms with Gasteiger partial charge in [0.1, 0.15) is 11.6 Å². The van der Waals surface area contributed by atoms with E-state index in [2.05, 4.69) is 25.6 Å². The topological polar surface area (TPSA) is 88.2 Å². The third-order valence-electron chi connectivity index (χ3n) is 3.25. The quantitative estimate of drug-likeness (QED) is 0.600. The van der Waals surface area contributed by atoms with Crippen molar-refractivity contribution >= 4 is 27.2 Å². The van der Waals surface area contributed by atoms with Crippen molar-refractivity contribution in [2.24, 2.45) is 0 Å². The Balaban J connectivity index is 1.60. The van der Waals surface area contributed by atoms with Crippen molar-refractivity contribution < 1.29 is 5.11 Å². The van der Waals surface area contributed by atoms with E-state index >= 15 is 0 Å². The Kier molecular flexibility index (Phi) is 3.35. The number of phenolic OH excluding ortho intramolecular Hbond substituents is 1. The van der Waals surface area contributed by atoms with Crippen LogP contribution >= 0.6 is 11.3 Å². The van der Waals surface area contributed by atoms with E-state index in [1.165, 1.54) is 11.3 Å². The molecule has 0 atom stereocenters. The minimum atomic E-state index is 0.246. The van der Waals surface area contributed by atoms with Crippen LogP contribution in [0.4, 0.5) is 10.9 Å². The summed E-state index contributed by atoms with van der Waals surface area (Å²) in [5, 5.41) is 26.0. The number of pyridine rings is 1. The molecule has 0 aliphatic heterocycles. The largest absolute Gasteiger partial charge is 0.508 e. The number of nitrogens with one attached hydrogen (secondary N) is 1. The van der Waals surface area contributed by atoms with Crippen LogP contribution < -0.4 is 5.32 Å². The molecule has 8 heteroatoms. The lowest BCUT2D eigenvalue weighted by Gasteiger charge is -2.00. The minimum absolute atomic E-state index is 0.246. The fraction of sp³-hybridized carbons (Fsp3) is 0.0667. The summed E-state index contributed by atoms with van der Waals surface area (Å²) < 4.78 is 1.72. The molecular formula is C15H12N6OS. The highest BCUT2D eigenvalue weighted by molar-refractivity contribution is 7.20. The summed E-state index contributed by atoms with van der Waals surface area (Å²) >= 11 is 1.41. The zero-order valence-electron chi connectivity index (χ0n) is 11.9. The van der Waals surface area contributed by atoms with Gasteiger partial charge in [-0.15, -0.1) is 15.3 Å². The number of benzene rings is 1. The van der Waals surface area contributed by atoms with E-state index in [1.54, 1.807) is 22.8 Å². The number of aromatic nitrogens is 5. The lowest BCUT2D eigenvalue weighted by Crippen LogP contribution is -1.99. The molecule has 0 saturated heterocycles. The fourth-order valence-electron chi connectivity index (χ4n) is 2.16. The molecule has 0 amide bonds. The first kappa shape index (κ1) is 13.6. The van der Waals surface area contributed by atoms with Crippen LogP contribution in [-0.2, 0) is 6.42 Å². The molecule has 0 fully saturated rings. The van der Waals surface area contributed by atoms with E-state index in [9.17, 15) is 5.11 Å². The molecule has 3 aromatic heterocycles. The Morgan fingerprint density at radius 3 is 2.74 bits per heavy atom. The molecule has 0 aliphatic rings. The number of fused-ring (bicyclic) bond motifs is 1. The molecule has 114 valence electrons. The van der Waals surface area contributed by atoms with Crippen LogP contribution in [0, 0.1) is 0 Å². The van der Waals surface area contributed by atoms with Crippen molar-refractivity contribution in [2.45, 2.75) is 6.42 Å². The predicted molar refractivity (Wildman–Crippen MR) is 87.1 cm³/mol. The standard InChI is InChI=1S/C15H12N6OS/c22-11-6-4-10(5-7-11)9-13-18-19-15-21(13)20-14(23-15)17-12-3-1-2-8-16-12/h1-8,22H,9H2,(H,16,17,20). The average Bonchev–Trinajstić information content (AvgIpc) is 3.12. The molecule has 1 aromatic carbocycles. The van der Waals surface area contributed by atoms with Gasteiger partial charge >= 0.3 is 0 Å². The van der Waals surface area contributed by atoms with Crippen molar-refractivity contribution in [3.63, 3.8) is 0 Å². The summed E-state index contributed by atoms with van der Waals surface area (Å²) in [6, 6.07) is 12.7. The van der Waals surface area contributed by atoms with Gasteiger partial charge in [0, 0.05) is 12.6 Å². The molecule has 23 heavy (non-hydrogen) atoms. The van der Waals surface area contributed by atoms with Gasteiger partial charge in [0.2, 0.25) is 10.1 Å². The Morgan fingerprint density at radius 1 is 1.09 bits per heavy atom. The first-order valence-electron chi connectivity index (χ1n) is 6.95. The summed E-state index contributed by atoms with van der Waals surface area (Å²) in [6.07, 6.45) is 2.31. The van der Waals surface area contributed by atoms with E-state index in [0.717, 1.165) is 22.2 Å². The molecule has 7 nitrogen and oxygen atoms in total. The SMILES string of the molecule is Oc1ccc(Cc2nnc3sc(Nc4ccccn4)nn23)cc1. The lowest BCUT2D eigenvalue weighted by atomic mass is 10.1. The van der Waals surface area contributed by atoms with E-state index < -0.39 is 0 Å². The van der Waals surface area contributed by atoms with Gasteiger partial charge in [-0.05, 0) is 29.8 Å². The number of rotatable bonds is 4. The van der Waals surface area contributed by atoms with Crippen molar-refractivity contribution in [3.05, 3.63) is 60.0 Å². The molecule has 0 saturated carbocycles. The molecule has 0 unspecified atom stereocenters. The Morgan fingerprint density at radius 2 is 1.96 bits per heavy atom. The first-order valence-corrected chi connectivity index (χ1v) is 7.77. The van der Waals surface area contributed by atoms with Gasteiger partial charge in [0.15, 0.2) is 5.82 Å². The second-order valence-electron chi connectivity index (χ2n) is 4.90. The van der Waals surface area contributed by atoms with Gasteiger partial charge in [-0.2, -0.15) is 4.52 Å². The van der Waals surface area contributed by atoms with Gasteiger partial charge in [-0.25, -0.2) is 4.98 Å². The zero-order valence-corrected chi connectivity index (χ0v) is 12.7. The number of nitrogens with zero attached hydrogens (tertiary/aromatic N) is 5. The summed E-state index contributed by atoms with van der Waals surface area (Å²) in [5.41, 5.74) is 1.03. The number of phenols is 1. The van der Waals surface area contributed by atoms with Crippen LogP contribution in [-0.4, -0.2) is 29.9 Å². The van der Waals surface area contributed by atoms with Crippen LogP contribution in [0.25, 0.3) is 4.96 Å². The maximum absolute atomic E-state index is 9.34. The Hall–Kier alpha value is -3.00. The van der Waals surface area contributed by atoms with E-state index in [-0.39, 0.29) is 5.75 Å². The summed E-state index contributed by atoms with van der Waals surface area (Å²) in [5.74, 6) is 1.73. The van der Waals surface area contributed by atoms with Crippen molar-refractivity contribution in [1.82, 2.24) is 24.8 Å². The van der Waals surface area contributed by atoms with Crippen LogP contribution in [0.3, 0.4) is 0 Å². The lowest BCUT2D eigenvalue weighted by molar-refractivity contribution is 0.475. The molecule has 0 bridgehead atoms. The van der Waals surface area contributed by atoms with Crippen molar-refractivity contribution in [3.8, 4) is 5.75 Å². The smallest absolute Gasteiger partial charge is 0.236 e. The highest BCUT2D eigenvalue weighted by atomic mass is 32.1.